The van der Waals surface area contributed by atoms with E-state index < -0.39 is 16.7 Å². The molecule has 100 valence electrons. The summed E-state index contributed by atoms with van der Waals surface area (Å²) in [5.41, 5.74) is 13.4. The number of carbonyl (C=O) groups is 1. The smallest absolute Gasteiger partial charge is 0.248 e. The summed E-state index contributed by atoms with van der Waals surface area (Å²) < 4.78 is 11.9. The number of carbonyl (C=O) groups excluding carboxylic acids is 1. The number of benzene rings is 1. The molecule has 0 aliphatic rings. The summed E-state index contributed by atoms with van der Waals surface area (Å²) in [6.07, 6.45) is 0.825. The van der Waals surface area contributed by atoms with Crippen molar-refractivity contribution in [1.29, 1.82) is 0 Å². The van der Waals surface area contributed by atoms with Crippen molar-refractivity contribution in [3.05, 3.63) is 34.9 Å². The van der Waals surface area contributed by atoms with E-state index in [2.05, 4.69) is 0 Å². The van der Waals surface area contributed by atoms with E-state index >= 15 is 0 Å². The van der Waals surface area contributed by atoms with E-state index in [1.807, 2.05) is 19.9 Å². The summed E-state index contributed by atoms with van der Waals surface area (Å²) in [7, 11) is -0.970. The lowest BCUT2D eigenvalue weighted by molar-refractivity contribution is 0.1000. The standard InChI is InChI=1S/C13H20N2O2S/c1-3-12(14)8-18(17)7-11-5-4-10(13(15)16)6-9(11)2/h4-6,12H,3,7-8,14H2,1-2H3,(H2,15,16). The molecule has 0 aromatic heterocycles. The van der Waals surface area contributed by atoms with Gasteiger partial charge >= 0.3 is 0 Å². The van der Waals surface area contributed by atoms with E-state index in [9.17, 15) is 9.00 Å². The maximum Gasteiger partial charge on any atom is 0.248 e. The number of nitrogens with two attached hydrogens (primary N) is 2. The zero-order chi connectivity index (χ0) is 13.7. The van der Waals surface area contributed by atoms with Crippen LogP contribution in [0.2, 0.25) is 0 Å². The minimum absolute atomic E-state index is 0.0176. The van der Waals surface area contributed by atoms with Crippen LogP contribution >= 0.6 is 0 Å². The van der Waals surface area contributed by atoms with Crippen LogP contribution in [0.4, 0.5) is 0 Å². The summed E-state index contributed by atoms with van der Waals surface area (Å²) in [4.78, 5) is 11.0. The number of hydrogen-bond donors (Lipinski definition) is 2. The minimum atomic E-state index is -0.970. The Balaban J connectivity index is 2.74. The Morgan fingerprint density at radius 2 is 2.11 bits per heavy atom. The molecular weight excluding hydrogens is 248 g/mol. The summed E-state index contributed by atoms with van der Waals surface area (Å²) in [5, 5.41) is 0. The third-order valence-electron chi connectivity index (χ3n) is 2.87. The molecule has 1 aromatic rings. The molecule has 0 aliphatic carbocycles. The number of aryl methyl sites for hydroxylation is 1. The fourth-order valence-electron chi connectivity index (χ4n) is 1.60. The highest BCUT2D eigenvalue weighted by Gasteiger charge is 2.10. The summed E-state index contributed by atoms with van der Waals surface area (Å²) >= 11 is 0. The zero-order valence-corrected chi connectivity index (χ0v) is 11.6. The van der Waals surface area contributed by atoms with Gasteiger partial charge in [0, 0.05) is 33.9 Å². The Labute approximate surface area is 110 Å². The van der Waals surface area contributed by atoms with Crippen molar-refractivity contribution in [3.8, 4) is 0 Å². The summed E-state index contributed by atoms with van der Waals surface area (Å²) in [6, 6.07) is 5.19. The molecule has 1 aromatic carbocycles. The first-order chi connectivity index (χ1) is 8.43. The molecule has 0 fully saturated rings. The molecule has 0 saturated carbocycles. The second-order valence-corrected chi connectivity index (χ2v) is 5.93. The molecular formula is C13H20N2O2S. The van der Waals surface area contributed by atoms with Gasteiger partial charge < -0.3 is 11.5 Å². The first kappa shape index (κ1) is 14.9. The predicted octanol–water partition coefficient (Wildman–Crippen LogP) is 1.08. The van der Waals surface area contributed by atoms with Gasteiger partial charge in [0.05, 0.1) is 0 Å². The topological polar surface area (TPSA) is 86.2 Å². The van der Waals surface area contributed by atoms with E-state index in [0.29, 0.717) is 17.1 Å². The monoisotopic (exact) mass is 268 g/mol. The van der Waals surface area contributed by atoms with Crippen LogP contribution in [0.5, 0.6) is 0 Å². The fourth-order valence-corrected chi connectivity index (χ4v) is 3.10. The molecule has 4 N–H and O–H groups in total. The molecule has 2 atom stereocenters. The van der Waals surface area contributed by atoms with Crippen LogP contribution < -0.4 is 11.5 Å². The van der Waals surface area contributed by atoms with Gasteiger partial charge in [0.2, 0.25) is 5.91 Å². The first-order valence-electron chi connectivity index (χ1n) is 5.94. The van der Waals surface area contributed by atoms with E-state index in [0.717, 1.165) is 17.5 Å². The van der Waals surface area contributed by atoms with Gasteiger partial charge in [-0.05, 0) is 36.6 Å². The van der Waals surface area contributed by atoms with Crippen LogP contribution in [-0.4, -0.2) is 21.9 Å². The van der Waals surface area contributed by atoms with Crippen molar-refractivity contribution in [1.82, 2.24) is 0 Å². The molecule has 0 aliphatic heterocycles. The highest BCUT2D eigenvalue weighted by atomic mass is 32.2. The van der Waals surface area contributed by atoms with Crippen LogP contribution in [0.15, 0.2) is 18.2 Å². The maximum absolute atomic E-state index is 11.9. The van der Waals surface area contributed by atoms with Gasteiger partial charge in [0.1, 0.15) is 0 Å². The highest BCUT2D eigenvalue weighted by Crippen LogP contribution is 2.13. The van der Waals surface area contributed by atoms with E-state index in [1.54, 1.807) is 12.1 Å². The average Bonchev–Trinajstić information content (AvgIpc) is 2.31. The molecule has 0 radical (unpaired) electrons. The molecule has 18 heavy (non-hydrogen) atoms. The third-order valence-corrected chi connectivity index (χ3v) is 4.30. The molecule has 2 unspecified atom stereocenters. The zero-order valence-electron chi connectivity index (χ0n) is 10.8. The van der Waals surface area contributed by atoms with Crippen LogP contribution in [0.25, 0.3) is 0 Å². The second-order valence-electron chi connectivity index (χ2n) is 4.42. The van der Waals surface area contributed by atoms with Crippen molar-refractivity contribution < 1.29 is 9.00 Å². The lowest BCUT2D eigenvalue weighted by Gasteiger charge is -2.10. The number of rotatable bonds is 6. The SMILES string of the molecule is CCC(N)CS(=O)Cc1ccc(C(N)=O)cc1C. The van der Waals surface area contributed by atoms with Crippen LogP contribution in [0, 0.1) is 6.92 Å². The Morgan fingerprint density at radius 3 is 2.61 bits per heavy atom. The molecule has 0 bridgehead atoms. The molecule has 0 spiro atoms. The van der Waals surface area contributed by atoms with Gasteiger partial charge in [-0.3, -0.25) is 9.00 Å². The largest absolute Gasteiger partial charge is 0.366 e. The third kappa shape index (κ3) is 4.23. The van der Waals surface area contributed by atoms with Crippen molar-refractivity contribution in [2.24, 2.45) is 11.5 Å². The Kier molecular flexibility index (Phi) is 5.50. The van der Waals surface area contributed by atoms with Gasteiger partial charge in [0.25, 0.3) is 0 Å². The molecule has 4 nitrogen and oxygen atoms in total. The van der Waals surface area contributed by atoms with Crippen molar-refractivity contribution in [3.63, 3.8) is 0 Å². The molecule has 0 heterocycles. The lowest BCUT2D eigenvalue weighted by atomic mass is 10.1. The number of hydrogen-bond acceptors (Lipinski definition) is 3. The van der Waals surface area contributed by atoms with Crippen molar-refractivity contribution in [2.45, 2.75) is 32.1 Å². The summed E-state index contributed by atoms with van der Waals surface area (Å²) in [6.45, 7) is 3.87. The second kappa shape index (κ2) is 6.66. The molecule has 1 rings (SSSR count). The van der Waals surface area contributed by atoms with Crippen LogP contribution in [-0.2, 0) is 16.6 Å². The van der Waals surface area contributed by atoms with Gasteiger partial charge in [-0.25, -0.2) is 0 Å². The van der Waals surface area contributed by atoms with Crippen molar-refractivity contribution >= 4 is 16.7 Å². The van der Waals surface area contributed by atoms with Gasteiger partial charge in [-0.1, -0.05) is 13.0 Å². The minimum Gasteiger partial charge on any atom is -0.366 e. The van der Waals surface area contributed by atoms with Gasteiger partial charge in [0.15, 0.2) is 0 Å². The van der Waals surface area contributed by atoms with Crippen molar-refractivity contribution in [2.75, 3.05) is 5.75 Å². The van der Waals surface area contributed by atoms with Crippen LogP contribution in [0.3, 0.4) is 0 Å². The number of amides is 1. The first-order valence-corrected chi connectivity index (χ1v) is 7.42. The average molecular weight is 268 g/mol. The predicted molar refractivity (Wildman–Crippen MR) is 74.7 cm³/mol. The quantitative estimate of drug-likeness (QED) is 0.809. The van der Waals surface area contributed by atoms with Crippen LogP contribution in [0.1, 0.15) is 34.8 Å². The highest BCUT2D eigenvalue weighted by molar-refractivity contribution is 7.84. The normalized spacial score (nSPS) is 14.2. The molecule has 0 saturated heterocycles. The molecule has 1 amide bonds. The maximum atomic E-state index is 11.9. The number of primary amides is 1. The van der Waals surface area contributed by atoms with E-state index in [-0.39, 0.29) is 6.04 Å². The molecule has 5 heteroatoms. The van der Waals surface area contributed by atoms with E-state index in [4.69, 9.17) is 11.5 Å². The van der Waals surface area contributed by atoms with E-state index in [1.165, 1.54) is 0 Å². The fraction of sp³-hybridized carbons (Fsp3) is 0.462. The Bertz CT molecular complexity index is 460. The van der Waals surface area contributed by atoms with Gasteiger partial charge in [-0.15, -0.1) is 0 Å². The Hall–Kier alpha value is -1.20. The Morgan fingerprint density at radius 1 is 1.44 bits per heavy atom. The lowest BCUT2D eigenvalue weighted by Crippen LogP contribution is -2.26. The van der Waals surface area contributed by atoms with Gasteiger partial charge in [-0.2, -0.15) is 0 Å². The summed E-state index contributed by atoms with van der Waals surface area (Å²) in [5.74, 6) is 0.533.